The minimum absolute atomic E-state index is 0.427. The summed E-state index contributed by atoms with van der Waals surface area (Å²) in [6.07, 6.45) is 0. The van der Waals surface area contributed by atoms with Crippen LogP contribution >= 0.6 is 11.3 Å². The lowest BCUT2D eigenvalue weighted by Crippen LogP contribution is -1.93. The number of benzene rings is 7. The fourth-order valence-corrected chi connectivity index (χ4v) is 8.52. The van der Waals surface area contributed by atoms with Crippen molar-refractivity contribution in [2.24, 2.45) is 0 Å². The first-order valence-electron chi connectivity index (χ1n) is 16.8. The molecule has 7 aromatic carbocycles. The van der Waals surface area contributed by atoms with Gasteiger partial charge in [-0.2, -0.15) is 0 Å². The molecule has 0 bridgehead atoms. The van der Waals surface area contributed by atoms with E-state index in [0.717, 1.165) is 6.54 Å². The van der Waals surface area contributed by atoms with Crippen LogP contribution in [0.15, 0.2) is 152 Å². The minimum Gasteiger partial charge on any atom is -0.307 e. The van der Waals surface area contributed by atoms with Crippen LogP contribution in [0.5, 0.6) is 0 Å². The standard InChI is InChI=1S/C46H35NS/c1-29-10-3-4-13-38(29)40-16-8-15-39(30(40)2)36-25-35(26-37(27-36)44-28-47-44)32-22-20-31(21-23-32)33-11-7-12-34(24-33)41-17-9-18-43-42-14-5-6-19-45(42)48-46(41)43/h3-27,44,47H,28H2,1-2H3. The number of aryl methyl sites for hydroxylation is 1. The molecule has 1 aliphatic rings. The number of fused-ring (bicyclic) bond motifs is 3. The Labute approximate surface area is 286 Å². The van der Waals surface area contributed by atoms with E-state index in [1.807, 2.05) is 11.3 Å². The van der Waals surface area contributed by atoms with Crippen LogP contribution in [0.1, 0.15) is 22.7 Å². The highest BCUT2D eigenvalue weighted by atomic mass is 32.1. The summed E-state index contributed by atoms with van der Waals surface area (Å²) in [5.74, 6) is 0. The third-order valence-electron chi connectivity index (χ3n) is 9.98. The molecule has 0 aliphatic carbocycles. The fourth-order valence-electron chi connectivity index (χ4n) is 7.28. The summed E-state index contributed by atoms with van der Waals surface area (Å²) in [5, 5.41) is 6.21. The molecule has 8 aromatic rings. The highest BCUT2D eigenvalue weighted by Crippen LogP contribution is 2.41. The van der Waals surface area contributed by atoms with Gasteiger partial charge < -0.3 is 5.32 Å². The van der Waals surface area contributed by atoms with Gasteiger partial charge in [0.2, 0.25) is 0 Å². The van der Waals surface area contributed by atoms with E-state index in [1.54, 1.807) is 0 Å². The average molecular weight is 634 g/mol. The number of hydrogen-bond acceptors (Lipinski definition) is 2. The van der Waals surface area contributed by atoms with Gasteiger partial charge in [0.1, 0.15) is 0 Å². The summed E-state index contributed by atoms with van der Waals surface area (Å²) < 4.78 is 2.69. The molecule has 0 spiro atoms. The van der Waals surface area contributed by atoms with E-state index in [9.17, 15) is 0 Å². The Morgan fingerprint density at radius 3 is 1.92 bits per heavy atom. The topological polar surface area (TPSA) is 21.9 Å². The minimum atomic E-state index is 0.427. The number of hydrogen-bond donors (Lipinski definition) is 1. The maximum absolute atomic E-state index is 3.54. The SMILES string of the molecule is Cc1ccccc1-c1cccc(-c2cc(-c3ccc(-c4cccc(-c5cccc6c5sc5ccccc56)c4)cc3)cc(C3CN3)c2)c1C. The van der Waals surface area contributed by atoms with E-state index in [2.05, 4.69) is 171 Å². The molecule has 1 aromatic heterocycles. The molecule has 2 heteroatoms. The monoisotopic (exact) mass is 633 g/mol. The maximum atomic E-state index is 3.54. The summed E-state index contributed by atoms with van der Waals surface area (Å²) >= 11 is 1.89. The molecular formula is C46H35NS. The van der Waals surface area contributed by atoms with Gasteiger partial charge in [-0.05, 0) is 117 Å². The second kappa shape index (κ2) is 11.8. The van der Waals surface area contributed by atoms with E-state index in [-0.39, 0.29) is 0 Å². The van der Waals surface area contributed by atoms with Crippen LogP contribution in [0.4, 0.5) is 0 Å². The predicted molar refractivity (Wildman–Crippen MR) is 207 cm³/mol. The Hall–Kier alpha value is -5.28. The van der Waals surface area contributed by atoms with Crippen molar-refractivity contribution in [3.63, 3.8) is 0 Å². The molecule has 230 valence electrons. The lowest BCUT2D eigenvalue weighted by molar-refractivity contribution is 1.08. The van der Waals surface area contributed by atoms with Crippen LogP contribution in [-0.4, -0.2) is 6.54 Å². The van der Waals surface area contributed by atoms with Crippen molar-refractivity contribution in [2.75, 3.05) is 6.54 Å². The second-order valence-electron chi connectivity index (χ2n) is 13.0. The molecule has 2 heterocycles. The van der Waals surface area contributed by atoms with Crippen LogP contribution in [0.3, 0.4) is 0 Å². The van der Waals surface area contributed by atoms with Crippen molar-refractivity contribution in [3.8, 4) is 55.6 Å². The Kier molecular flexibility index (Phi) is 7.08. The summed E-state index contributed by atoms with van der Waals surface area (Å²) in [5.41, 5.74) is 16.7. The van der Waals surface area contributed by atoms with Gasteiger partial charge in [0.05, 0.1) is 0 Å². The molecule has 0 saturated carbocycles. The molecule has 1 unspecified atom stereocenters. The number of rotatable bonds is 6. The van der Waals surface area contributed by atoms with Crippen molar-refractivity contribution in [2.45, 2.75) is 19.9 Å². The van der Waals surface area contributed by atoms with Crippen LogP contribution in [0.25, 0.3) is 75.8 Å². The smallest absolute Gasteiger partial charge is 0.0448 e. The quantitative estimate of drug-likeness (QED) is 0.181. The van der Waals surface area contributed by atoms with E-state index in [1.165, 1.54) is 92.5 Å². The molecule has 1 saturated heterocycles. The maximum Gasteiger partial charge on any atom is 0.0448 e. The van der Waals surface area contributed by atoms with E-state index in [4.69, 9.17) is 0 Å². The van der Waals surface area contributed by atoms with Gasteiger partial charge in [0, 0.05) is 32.8 Å². The Morgan fingerprint density at radius 1 is 0.479 bits per heavy atom. The zero-order chi connectivity index (χ0) is 32.2. The highest BCUT2D eigenvalue weighted by Gasteiger charge is 2.24. The third-order valence-corrected chi connectivity index (χ3v) is 11.2. The Balaban J connectivity index is 1.07. The number of thiophene rings is 1. The van der Waals surface area contributed by atoms with Crippen molar-refractivity contribution >= 4 is 31.5 Å². The second-order valence-corrected chi connectivity index (χ2v) is 14.1. The molecule has 1 nitrogen and oxygen atoms in total. The molecule has 9 rings (SSSR count). The number of nitrogens with one attached hydrogen (secondary N) is 1. The Morgan fingerprint density at radius 2 is 1.08 bits per heavy atom. The van der Waals surface area contributed by atoms with Gasteiger partial charge in [-0.3, -0.25) is 0 Å². The van der Waals surface area contributed by atoms with Crippen molar-refractivity contribution in [1.82, 2.24) is 5.32 Å². The zero-order valence-electron chi connectivity index (χ0n) is 27.1. The molecule has 1 fully saturated rings. The largest absolute Gasteiger partial charge is 0.307 e. The lowest BCUT2D eigenvalue weighted by atomic mass is 9.88. The first-order chi connectivity index (χ1) is 23.6. The van der Waals surface area contributed by atoms with E-state index >= 15 is 0 Å². The van der Waals surface area contributed by atoms with Crippen LogP contribution in [-0.2, 0) is 0 Å². The summed E-state index contributed by atoms with van der Waals surface area (Å²) in [4.78, 5) is 0. The van der Waals surface area contributed by atoms with Gasteiger partial charge >= 0.3 is 0 Å². The average Bonchev–Trinajstić information content (AvgIpc) is 3.92. The van der Waals surface area contributed by atoms with Crippen molar-refractivity contribution in [1.29, 1.82) is 0 Å². The van der Waals surface area contributed by atoms with Crippen molar-refractivity contribution < 1.29 is 0 Å². The molecule has 1 atom stereocenters. The van der Waals surface area contributed by atoms with Crippen LogP contribution in [0.2, 0.25) is 0 Å². The van der Waals surface area contributed by atoms with Gasteiger partial charge in [-0.15, -0.1) is 11.3 Å². The molecule has 1 aliphatic heterocycles. The van der Waals surface area contributed by atoms with Crippen molar-refractivity contribution in [3.05, 3.63) is 168 Å². The highest BCUT2D eigenvalue weighted by molar-refractivity contribution is 7.26. The van der Waals surface area contributed by atoms with Gasteiger partial charge in [0.25, 0.3) is 0 Å². The molecular weight excluding hydrogens is 599 g/mol. The van der Waals surface area contributed by atoms with Crippen LogP contribution in [0, 0.1) is 13.8 Å². The molecule has 0 amide bonds. The fraction of sp³-hybridized carbons (Fsp3) is 0.0870. The van der Waals surface area contributed by atoms with E-state index in [0.29, 0.717) is 6.04 Å². The van der Waals surface area contributed by atoms with Gasteiger partial charge in [0.15, 0.2) is 0 Å². The van der Waals surface area contributed by atoms with Gasteiger partial charge in [-0.25, -0.2) is 0 Å². The van der Waals surface area contributed by atoms with E-state index < -0.39 is 0 Å². The van der Waals surface area contributed by atoms with Gasteiger partial charge in [-0.1, -0.05) is 121 Å². The predicted octanol–water partition coefficient (Wildman–Crippen LogP) is 12.7. The third kappa shape index (κ3) is 5.15. The lowest BCUT2D eigenvalue weighted by Gasteiger charge is -2.16. The summed E-state index contributed by atoms with van der Waals surface area (Å²) in [6.45, 7) is 5.50. The zero-order valence-corrected chi connectivity index (χ0v) is 27.9. The first-order valence-corrected chi connectivity index (χ1v) is 17.6. The molecule has 1 N–H and O–H groups in total. The normalized spacial score (nSPS) is 14.1. The summed E-state index contributed by atoms with van der Waals surface area (Å²) in [7, 11) is 0. The van der Waals surface area contributed by atoms with Crippen LogP contribution < -0.4 is 5.32 Å². The first kappa shape index (κ1) is 28.9. The molecule has 48 heavy (non-hydrogen) atoms. The molecule has 0 radical (unpaired) electrons. The summed E-state index contributed by atoms with van der Waals surface area (Å²) in [6, 6.07) is 56.5. The Bertz CT molecular complexity index is 2480.